The fourth-order valence-electron chi connectivity index (χ4n) is 1.70. The molecule has 0 unspecified atom stereocenters. The Morgan fingerprint density at radius 3 is 2.24 bits per heavy atom. The monoisotopic (exact) mass is 352 g/mol. The molecule has 21 heavy (non-hydrogen) atoms. The van der Waals surface area contributed by atoms with Crippen molar-refractivity contribution >= 4 is 39.1 Å². The summed E-state index contributed by atoms with van der Waals surface area (Å²) >= 11 is 11.8. The zero-order chi connectivity index (χ0) is 16.4. The minimum atomic E-state index is -4.06. The third kappa shape index (κ3) is 4.32. The maximum Gasteiger partial charge on any atom is 0.253 e. The lowest BCUT2D eigenvalue weighted by atomic mass is 9.95. The van der Waals surface area contributed by atoms with Crippen LogP contribution in [0.2, 0.25) is 10.0 Å². The van der Waals surface area contributed by atoms with Crippen molar-refractivity contribution in [3.05, 3.63) is 27.7 Å². The van der Waals surface area contributed by atoms with E-state index in [4.69, 9.17) is 28.3 Å². The highest BCUT2D eigenvalue weighted by molar-refractivity contribution is 7.89. The van der Waals surface area contributed by atoms with Gasteiger partial charge in [-0.05, 0) is 31.9 Å². The van der Waals surface area contributed by atoms with Crippen molar-refractivity contribution in [3.8, 4) is 0 Å². The number of hydrogen-bond acceptors (Lipinski definition) is 3. The summed E-state index contributed by atoms with van der Waals surface area (Å²) in [4.78, 5) is 12.0. The molecule has 1 aromatic carbocycles. The molecule has 0 aliphatic rings. The quantitative estimate of drug-likeness (QED) is 0.853. The van der Waals surface area contributed by atoms with E-state index in [0.29, 0.717) is 0 Å². The third-order valence-electron chi connectivity index (χ3n) is 3.53. The second-order valence-corrected chi connectivity index (χ2v) is 7.38. The summed E-state index contributed by atoms with van der Waals surface area (Å²) in [6, 6.07) is 2.44. The maximum absolute atomic E-state index is 12.3. The molecule has 0 atom stereocenters. The van der Waals surface area contributed by atoms with Gasteiger partial charge in [0.05, 0.1) is 10.6 Å². The molecule has 0 aliphatic carbocycles. The molecule has 0 fully saturated rings. The van der Waals surface area contributed by atoms with Crippen LogP contribution < -0.4 is 10.5 Å². The number of sulfonamides is 1. The van der Waals surface area contributed by atoms with E-state index in [-0.39, 0.29) is 20.5 Å². The van der Waals surface area contributed by atoms with Gasteiger partial charge in [-0.15, -0.1) is 0 Å². The second-order valence-electron chi connectivity index (χ2n) is 5.03. The molecular weight excluding hydrogens is 335 g/mol. The summed E-state index contributed by atoms with van der Waals surface area (Å²) < 4.78 is 23.0. The largest absolute Gasteiger partial charge is 0.347 e. The van der Waals surface area contributed by atoms with Crippen LogP contribution in [-0.2, 0) is 10.0 Å². The van der Waals surface area contributed by atoms with E-state index >= 15 is 0 Å². The Hall–Kier alpha value is -0.820. The molecule has 5 nitrogen and oxygen atoms in total. The number of carbonyl (C=O) groups excluding carboxylic acids is 1. The third-order valence-corrected chi connectivity index (χ3v) is 5.20. The summed E-state index contributed by atoms with van der Waals surface area (Å²) in [7, 11) is -4.06. The van der Waals surface area contributed by atoms with E-state index in [1.54, 1.807) is 0 Å². The molecule has 0 aromatic heterocycles. The lowest BCUT2D eigenvalue weighted by molar-refractivity contribution is 0.0901. The van der Waals surface area contributed by atoms with E-state index in [2.05, 4.69) is 5.32 Å². The Morgan fingerprint density at radius 1 is 1.29 bits per heavy atom. The Morgan fingerprint density at radius 2 is 1.81 bits per heavy atom. The number of nitrogens with two attached hydrogens (primary N) is 1. The molecule has 1 rings (SSSR count). The second kappa shape index (κ2) is 6.52. The van der Waals surface area contributed by atoms with Crippen LogP contribution in [0.25, 0.3) is 0 Å². The number of primary sulfonamides is 1. The molecule has 0 spiro atoms. The first-order valence-corrected chi connectivity index (χ1v) is 8.68. The van der Waals surface area contributed by atoms with Gasteiger partial charge in [0.2, 0.25) is 10.0 Å². The number of amides is 1. The summed E-state index contributed by atoms with van der Waals surface area (Å²) in [6.45, 7) is 5.78. The number of nitrogens with one attached hydrogen (secondary N) is 1. The lowest BCUT2D eigenvalue weighted by Crippen LogP contribution is -2.45. The topological polar surface area (TPSA) is 89.3 Å². The highest BCUT2D eigenvalue weighted by Crippen LogP contribution is 2.29. The van der Waals surface area contributed by atoms with Gasteiger partial charge >= 0.3 is 0 Å². The molecule has 0 heterocycles. The van der Waals surface area contributed by atoms with Crippen LogP contribution in [0.3, 0.4) is 0 Å². The Bertz CT molecular complexity index is 656. The van der Waals surface area contributed by atoms with Gasteiger partial charge in [0, 0.05) is 10.6 Å². The minimum absolute atomic E-state index is 0.0127. The normalized spacial score (nSPS) is 12.3. The zero-order valence-corrected chi connectivity index (χ0v) is 14.4. The van der Waals surface area contributed by atoms with Crippen molar-refractivity contribution in [1.82, 2.24) is 5.32 Å². The van der Waals surface area contributed by atoms with Crippen LogP contribution in [0.4, 0.5) is 0 Å². The predicted molar refractivity (Wildman–Crippen MR) is 84.3 cm³/mol. The van der Waals surface area contributed by atoms with Crippen molar-refractivity contribution in [1.29, 1.82) is 0 Å². The zero-order valence-electron chi connectivity index (χ0n) is 12.0. The van der Waals surface area contributed by atoms with E-state index < -0.39 is 21.5 Å². The highest BCUT2D eigenvalue weighted by Gasteiger charge is 2.26. The number of hydrogen-bond donors (Lipinski definition) is 2. The first kappa shape index (κ1) is 18.2. The summed E-state index contributed by atoms with van der Waals surface area (Å²) in [5, 5.41) is 7.76. The van der Waals surface area contributed by atoms with Crippen LogP contribution in [0, 0.1) is 0 Å². The van der Waals surface area contributed by atoms with Gasteiger partial charge in [-0.2, -0.15) is 0 Å². The number of carbonyl (C=O) groups is 1. The van der Waals surface area contributed by atoms with Crippen LogP contribution in [-0.4, -0.2) is 19.9 Å². The summed E-state index contributed by atoms with van der Waals surface area (Å²) in [5.41, 5.74) is -0.425. The smallest absolute Gasteiger partial charge is 0.253 e. The average Bonchev–Trinajstić information content (AvgIpc) is 2.39. The van der Waals surface area contributed by atoms with Gasteiger partial charge in [0.15, 0.2) is 0 Å². The first-order chi connectivity index (χ1) is 9.54. The van der Waals surface area contributed by atoms with E-state index in [9.17, 15) is 13.2 Å². The number of benzene rings is 1. The van der Waals surface area contributed by atoms with Crippen molar-refractivity contribution in [2.75, 3.05) is 0 Å². The molecule has 1 amide bonds. The standard InChI is InChI=1S/C13H18Cl2N2O3S/c1-4-13(3,5-2)17-12(18)9-6-8(14)7-10(11(9)15)21(16,19)20/h6-7H,4-5H2,1-3H3,(H,17,18)(H2,16,19,20). The minimum Gasteiger partial charge on any atom is -0.347 e. The van der Waals surface area contributed by atoms with Crippen molar-refractivity contribution in [2.45, 2.75) is 44.0 Å². The van der Waals surface area contributed by atoms with Crippen molar-refractivity contribution in [2.24, 2.45) is 5.14 Å². The molecule has 0 saturated heterocycles. The molecule has 1 aromatic rings. The molecule has 118 valence electrons. The molecule has 0 saturated carbocycles. The first-order valence-electron chi connectivity index (χ1n) is 6.38. The predicted octanol–water partition coefficient (Wildman–Crippen LogP) is 2.95. The van der Waals surface area contributed by atoms with E-state index in [0.717, 1.165) is 18.9 Å². The number of rotatable bonds is 5. The summed E-state index contributed by atoms with van der Waals surface area (Å²) in [6.07, 6.45) is 1.44. The SMILES string of the molecule is CCC(C)(CC)NC(=O)c1cc(Cl)cc(S(N)(=O)=O)c1Cl. The Labute approximate surface area is 134 Å². The van der Waals surface area contributed by atoms with Gasteiger partial charge in [-0.1, -0.05) is 37.0 Å². The van der Waals surface area contributed by atoms with Crippen LogP contribution >= 0.6 is 23.2 Å². The molecule has 0 aliphatic heterocycles. The van der Waals surface area contributed by atoms with Crippen LogP contribution in [0.15, 0.2) is 17.0 Å². The van der Waals surface area contributed by atoms with E-state index in [1.165, 1.54) is 6.07 Å². The number of halogens is 2. The maximum atomic E-state index is 12.3. The fourth-order valence-corrected chi connectivity index (χ4v) is 3.16. The molecule has 3 N–H and O–H groups in total. The van der Waals surface area contributed by atoms with Gasteiger partial charge in [0.25, 0.3) is 5.91 Å². The van der Waals surface area contributed by atoms with Gasteiger partial charge in [-0.3, -0.25) is 4.79 Å². The van der Waals surface area contributed by atoms with Crippen molar-refractivity contribution < 1.29 is 13.2 Å². The fraction of sp³-hybridized carbons (Fsp3) is 0.462. The molecule has 8 heteroatoms. The van der Waals surface area contributed by atoms with E-state index in [1.807, 2.05) is 20.8 Å². The van der Waals surface area contributed by atoms with Crippen molar-refractivity contribution in [3.63, 3.8) is 0 Å². The summed E-state index contributed by atoms with van der Waals surface area (Å²) in [5.74, 6) is -0.487. The van der Waals surface area contributed by atoms with Crippen LogP contribution in [0.5, 0.6) is 0 Å². The van der Waals surface area contributed by atoms with Crippen LogP contribution in [0.1, 0.15) is 44.0 Å². The Kier molecular flexibility index (Phi) is 5.66. The molecule has 0 bridgehead atoms. The Balaban J connectivity index is 3.32. The molecule has 0 radical (unpaired) electrons. The molecular formula is C13H18Cl2N2O3S. The average molecular weight is 353 g/mol. The van der Waals surface area contributed by atoms with Gasteiger partial charge in [-0.25, -0.2) is 13.6 Å². The van der Waals surface area contributed by atoms with Gasteiger partial charge < -0.3 is 5.32 Å². The van der Waals surface area contributed by atoms with Gasteiger partial charge in [0.1, 0.15) is 4.90 Å². The highest BCUT2D eigenvalue weighted by atomic mass is 35.5. The lowest BCUT2D eigenvalue weighted by Gasteiger charge is -2.28.